The van der Waals surface area contributed by atoms with Crippen LogP contribution < -0.4 is 10.6 Å². The van der Waals surface area contributed by atoms with Gasteiger partial charge in [0.2, 0.25) is 0 Å². The lowest BCUT2D eigenvalue weighted by Gasteiger charge is -2.17. The van der Waals surface area contributed by atoms with Crippen LogP contribution in [0.1, 0.15) is 0 Å². The summed E-state index contributed by atoms with van der Waals surface area (Å²) in [4.78, 5) is 6.43. The van der Waals surface area contributed by atoms with Gasteiger partial charge in [0.05, 0.1) is 6.61 Å². The van der Waals surface area contributed by atoms with Crippen molar-refractivity contribution in [1.29, 1.82) is 0 Å². The third-order valence-electron chi connectivity index (χ3n) is 3.02. The molecule has 0 fully saturated rings. The summed E-state index contributed by atoms with van der Waals surface area (Å²) >= 11 is 0. The van der Waals surface area contributed by atoms with Gasteiger partial charge in [0, 0.05) is 59.3 Å². The van der Waals surface area contributed by atoms with Gasteiger partial charge in [-0.1, -0.05) is 0 Å². The molecule has 0 aromatic carbocycles. The molecular weight excluding hydrogens is 254 g/mol. The molecule has 0 atom stereocenters. The average Bonchev–Trinajstić information content (AvgIpc) is 2.96. The van der Waals surface area contributed by atoms with E-state index in [0.717, 1.165) is 45.3 Å². The predicted octanol–water partition coefficient (Wildman–Crippen LogP) is 0.231. The Labute approximate surface area is 121 Å². The Morgan fingerprint density at radius 1 is 1.20 bits per heavy atom. The van der Waals surface area contributed by atoms with Gasteiger partial charge < -0.3 is 24.8 Å². The molecule has 0 spiro atoms. The summed E-state index contributed by atoms with van der Waals surface area (Å²) < 4.78 is 7.19. The fraction of sp³-hybridized carbons (Fsp3) is 0.643. The molecule has 0 aliphatic carbocycles. The van der Waals surface area contributed by atoms with Crippen LogP contribution in [0.3, 0.4) is 0 Å². The maximum Gasteiger partial charge on any atom is 0.191 e. The van der Waals surface area contributed by atoms with Crippen molar-refractivity contribution in [3.05, 3.63) is 24.5 Å². The number of aromatic nitrogens is 1. The number of ether oxygens (including phenoxy) is 1. The van der Waals surface area contributed by atoms with Crippen molar-refractivity contribution in [2.75, 3.05) is 54.0 Å². The van der Waals surface area contributed by atoms with Gasteiger partial charge in [0.15, 0.2) is 5.96 Å². The Balaban J connectivity index is 2.10. The summed E-state index contributed by atoms with van der Waals surface area (Å²) in [5, 5.41) is 6.60. The summed E-state index contributed by atoms with van der Waals surface area (Å²) in [6.45, 7) is 5.32. The zero-order valence-corrected chi connectivity index (χ0v) is 12.8. The molecule has 1 heterocycles. The molecule has 0 aliphatic rings. The molecule has 1 rings (SSSR count). The number of methoxy groups -OCH3 is 1. The second-order valence-corrected chi connectivity index (χ2v) is 4.64. The molecule has 20 heavy (non-hydrogen) atoms. The van der Waals surface area contributed by atoms with Crippen LogP contribution >= 0.6 is 0 Å². The van der Waals surface area contributed by atoms with Gasteiger partial charge in [-0.3, -0.25) is 4.99 Å². The summed E-state index contributed by atoms with van der Waals surface area (Å²) in [5.41, 5.74) is 0. The van der Waals surface area contributed by atoms with Gasteiger partial charge >= 0.3 is 0 Å². The van der Waals surface area contributed by atoms with Gasteiger partial charge in [-0.05, 0) is 19.2 Å². The number of hydrogen-bond donors (Lipinski definition) is 2. The highest BCUT2D eigenvalue weighted by molar-refractivity contribution is 5.79. The molecule has 0 saturated heterocycles. The highest BCUT2D eigenvalue weighted by Gasteiger charge is 2.00. The molecular formula is C14H27N5O. The summed E-state index contributed by atoms with van der Waals surface area (Å²) in [6, 6.07) is 4.06. The summed E-state index contributed by atoms with van der Waals surface area (Å²) in [6.07, 6.45) is 4.12. The monoisotopic (exact) mass is 281 g/mol. The Morgan fingerprint density at radius 3 is 2.55 bits per heavy atom. The maximum absolute atomic E-state index is 5.05. The van der Waals surface area contributed by atoms with E-state index in [1.165, 1.54) is 0 Å². The van der Waals surface area contributed by atoms with Crippen LogP contribution in [-0.2, 0) is 11.3 Å². The first-order chi connectivity index (χ1) is 9.76. The lowest BCUT2D eigenvalue weighted by atomic mass is 10.5. The third kappa shape index (κ3) is 7.16. The fourth-order valence-corrected chi connectivity index (χ4v) is 1.77. The number of aliphatic imine (C=N–C) groups is 1. The average molecular weight is 281 g/mol. The van der Waals surface area contributed by atoms with Gasteiger partial charge in [-0.15, -0.1) is 0 Å². The van der Waals surface area contributed by atoms with E-state index in [9.17, 15) is 0 Å². The van der Waals surface area contributed by atoms with Crippen LogP contribution in [0.25, 0.3) is 0 Å². The minimum atomic E-state index is 0.764. The number of nitrogens with zero attached hydrogens (tertiary/aromatic N) is 3. The van der Waals surface area contributed by atoms with Crippen molar-refractivity contribution in [1.82, 2.24) is 20.1 Å². The SMILES string of the molecule is CN=C(NCCN(C)CCOC)NCCn1cccc1. The van der Waals surface area contributed by atoms with E-state index in [-0.39, 0.29) is 0 Å². The lowest BCUT2D eigenvalue weighted by molar-refractivity contribution is 0.162. The predicted molar refractivity (Wildman–Crippen MR) is 83.2 cm³/mol. The second kappa shape index (κ2) is 10.3. The summed E-state index contributed by atoms with van der Waals surface area (Å²) in [7, 11) is 5.60. The number of likely N-dealkylation sites (N-methyl/N-ethyl adjacent to an activating group) is 1. The number of rotatable bonds is 9. The van der Waals surface area contributed by atoms with E-state index in [0.29, 0.717) is 0 Å². The number of nitrogens with one attached hydrogen (secondary N) is 2. The zero-order valence-electron chi connectivity index (χ0n) is 12.8. The van der Waals surface area contributed by atoms with Gasteiger partial charge in [0.1, 0.15) is 0 Å². The molecule has 0 saturated carbocycles. The van der Waals surface area contributed by atoms with Crippen LogP contribution in [0.2, 0.25) is 0 Å². The molecule has 1 aromatic rings. The standard InChI is InChI=1S/C14H27N5O/c1-15-14(16-6-10-18(2)12-13-20-3)17-7-11-19-8-4-5-9-19/h4-5,8-9H,6-7,10-13H2,1-3H3,(H2,15,16,17). The summed E-state index contributed by atoms with van der Waals surface area (Å²) in [5.74, 6) is 0.845. The second-order valence-electron chi connectivity index (χ2n) is 4.64. The molecule has 0 bridgehead atoms. The largest absolute Gasteiger partial charge is 0.383 e. The molecule has 0 radical (unpaired) electrons. The van der Waals surface area contributed by atoms with E-state index >= 15 is 0 Å². The van der Waals surface area contributed by atoms with Crippen LogP contribution in [-0.4, -0.2) is 69.4 Å². The van der Waals surface area contributed by atoms with Crippen molar-refractivity contribution in [2.24, 2.45) is 4.99 Å². The minimum Gasteiger partial charge on any atom is -0.383 e. The normalized spacial score (nSPS) is 11.9. The maximum atomic E-state index is 5.05. The Morgan fingerprint density at radius 2 is 1.90 bits per heavy atom. The first-order valence-electron chi connectivity index (χ1n) is 6.99. The zero-order chi connectivity index (χ0) is 14.6. The quantitative estimate of drug-likeness (QED) is 0.503. The smallest absolute Gasteiger partial charge is 0.191 e. The highest BCUT2D eigenvalue weighted by Crippen LogP contribution is 1.88. The molecule has 1 aromatic heterocycles. The van der Waals surface area contributed by atoms with Crippen LogP contribution in [0.15, 0.2) is 29.5 Å². The van der Waals surface area contributed by atoms with Crippen LogP contribution in [0.4, 0.5) is 0 Å². The third-order valence-corrected chi connectivity index (χ3v) is 3.02. The van der Waals surface area contributed by atoms with Gasteiger partial charge in [0.25, 0.3) is 0 Å². The first kappa shape index (κ1) is 16.5. The van der Waals surface area contributed by atoms with Crippen molar-refractivity contribution in [3.63, 3.8) is 0 Å². The Kier molecular flexibility index (Phi) is 8.49. The molecule has 114 valence electrons. The van der Waals surface area contributed by atoms with Crippen LogP contribution in [0, 0.1) is 0 Å². The van der Waals surface area contributed by atoms with Crippen molar-refractivity contribution in [2.45, 2.75) is 6.54 Å². The van der Waals surface area contributed by atoms with E-state index in [4.69, 9.17) is 4.74 Å². The first-order valence-corrected chi connectivity index (χ1v) is 6.99. The van der Waals surface area contributed by atoms with Gasteiger partial charge in [-0.25, -0.2) is 0 Å². The minimum absolute atomic E-state index is 0.764. The van der Waals surface area contributed by atoms with E-state index in [1.807, 2.05) is 12.1 Å². The molecule has 0 unspecified atom stereocenters. The van der Waals surface area contributed by atoms with Crippen LogP contribution in [0.5, 0.6) is 0 Å². The molecule has 6 nitrogen and oxygen atoms in total. The molecule has 2 N–H and O–H groups in total. The van der Waals surface area contributed by atoms with E-state index in [2.05, 4.69) is 44.5 Å². The van der Waals surface area contributed by atoms with Crippen molar-refractivity contribution < 1.29 is 4.74 Å². The van der Waals surface area contributed by atoms with Crippen molar-refractivity contribution in [3.8, 4) is 0 Å². The van der Waals surface area contributed by atoms with E-state index in [1.54, 1.807) is 14.2 Å². The fourth-order valence-electron chi connectivity index (χ4n) is 1.77. The van der Waals surface area contributed by atoms with Gasteiger partial charge in [-0.2, -0.15) is 0 Å². The lowest BCUT2D eigenvalue weighted by Crippen LogP contribution is -2.42. The highest BCUT2D eigenvalue weighted by atomic mass is 16.5. The number of guanidine groups is 1. The molecule has 0 aliphatic heterocycles. The van der Waals surface area contributed by atoms with E-state index < -0.39 is 0 Å². The topological polar surface area (TPSA) is 53.8 Å². The number of hydrogen-bond acceptors (Lipinski definition) is 3. The Hall–Kier alpha value is -1.53. The Bertz CT molecular complexity index is 364. The molecule has 0 amide bonds. The molecule has 6 heteroatoms. The van der Waals surface area contributed by atoms with Crippen molar-refractivity contribution >= 4 is 5.96 Å².